The van der Waals surface area contributed by atoms with E-state index in [-0.39, 0.29) is 18.4 Å². The SMILES string of the molecule is O=C(O)C1=CC[C@@H](O)[C@H](O)C1. The number of carboxylic acid groups (broad SMARTS) is 1. The van der Waals surface area contributed by atoms with E-state index in [9.17, 15) is 4.79 Å². The van der Waals surface area contributed by atoms with Gasteiger partial charge >= 0.3 is 5.97 Å². The number of carbonyl (C=O) groups is 1. The highest BCUT2D eigenvalue weighted by atomic mass is 16.4. The largest absolute Gasteiger partial charge is 0.478 e. The average Bonchev–Trinajstić information content (AvgIpc) is 1.94. The molecule has 0 unspecified atom stereocenters. The van der Waals surface area contributed by atoms with Gasteiger partial charge in [0, 0.05) is 12.0 Å². The summed E-state index contributed by atoms with van der Waals surface area (Å²) in [6.07, 6.45) is -0.0249. The zero-order valence-corrected chi connectivity index (χ0v) is 5.90. The minimum atomic E-state index is -1.02. The molecule has 1 aliphatic rings. The molecule has 11 heavy (non-hydrogen) atoms. The first-order chi connectivity index (χ1) is 5.11. The number of rotatable bonds is 1. The maximum atomic E-state index is 10.3. The molecule has 0 aromatic heterocycles. The van der Waals surface area contributed by atoms with Crippen LogP contribution in [0.25, 0.3) is 0 Å². The second kappa shape index (κ2) is 3.02. The number of aliphatic carboxylic acids is 1. The van der Waals surface area contributed by atoms with Crippen LogP contribution in [0.3, 0.4) is 0 Å². The first-order valence-corrected chi connectivity index (χ1v) is 3.39. The van der Waals surface area contributed by atoms with E-state index in [1.807, 2.05) is 0 Å². The van der Waals surface area contributed by atoms with E-state index in [0.29, 0.717) is 0 Å². The van der Waals surface area contributed by atoms with E-state index in [0.717, 1.165) is 0 Å². The van der Waals surface area contributed by atoms with Crippen LogP contribution in [0.4, 0.5) is 0 Å². The molecule has 0 bridgehead atoms. The summed E-state index contributed by atoms with van der Waals surface area (Å²) >= 11 is 0. The van der Waals surface area contributed by atoms with Crippen molar-refractivity contribution in [2.45, 2.75) is 25.0 Å². The number of hydrogen-bond acceptors (Lipinski definition) is 3. The van der Waals surface area contributed by atoms with Gasteiger partial charge in [-0.25, -0.2) is 4.79 Å². The summed E-state index contributed by atoms with van der Waals surface area (Å²) in [5.74, 6) is -1.02. The molecule has 1 rings (SSSR count). The Morgan fingerprint density at radius 1 is 1.45 bits per heavy atom. The fourth-order valence-electron chi connectivity index (χ4n) is 1.04. The summed E-state index contributed by atoms with van der Waals surface area (Å²) in [4.78, 5) is 10.3. The summed E-state index contributed by atoms with van der Waals surface area (Å²) < 4.78 is 0. The van der Waals surface area contributed by atoms with Gasteiger partial charge < -0.3 is 15.3 Å². The molecule has 4 heteroatoms. The Morgan fingerprint density at radius 3 is 2.55 bits per heavy atom. The predicted molar refractivity (Wildman–Crippen MR) is 37.0 cm³/mol. The van der Waals surface area contributed by atoms with Crippen LogP contribution in [0.5, 0.6) is 0 Å². The quantitative estimate of drug-likeness (QED) is 0.481. The molecule has 62 valence electrons. The van der Waals surface area contributed by atoms with Gasteiger partial charge in [0.2, 0.25) is 0 Å². The van der Waals surface area contributed by atoms with Crippen molar-refractivity contribution in [3.05, 3.63) is 11.6 Å². The maximum Gasteiger partial charge on any atom is 0.331 e. The molecule has 0 radical (unpaired) electrons. The minimum Gasteiger partial charge on any atom is -0.478 e. The van der Waals surface area contributed by atoms with Gasteiger partial charge in [0.25, 0.3) is 0 Å². The van der Waals surface area contributed by atoms with Crippen LogP contribution < -0.4 is 0 Å². The number of aliphatic hydroxyl groups is 2. The van der Waals surface area contributed by atoms with E-state index in [1.165, 1.54) is 6.08 Å². The normalized spacial score (nSPS) is 31.3. The van der Waals surface area contributed by atoms with E-state index in [2.05, 4.69) is 0 Å². The Kier molecular flexibility index (Phi) is 2.26. The van der Waals surface area contributed by atoms with Crippen molar-refractivity contribution in [1.82, 2.24) is 0 Å². The van der Waals surface area contributed by atoms with Gasteiger partial charge in [-0.15, -0.1) is 0 Å². The summed E-state index contributed by atoms with van der Waals surface area (Å²) in [6, 6.07) is 0. The topological polar surface area (TPSA) is 77.8 Å². The summed E-state index contributed by atoms with van der Waals surface area (Å²) in [5, 5.41) is 26.5. The van der Waals surface area contributed by atoms with Crippen molar-refractivity contribution in [1.29, 1.82) is 0 Å². The summed E-state index contributed by atoms with van der Waals surface area (Å²) in [6.45, 7) is 0. The van der Waals surface area contributed by atoms with Crippen LogP contribution in [0, 0.1) is 0 Å². The van der Waals surface area contributed by atoms with Crippen LogP contribution >= 0.6 is 0 Å². The second-order valence-corrected chi connectivity index (χ2v) is 2.61. The van der Waals surface area contributed by atoms with Gasteiger partial charge in [-0.2, -0.15) is 0 Å². The minimum absolute atomic E-state index is 0.0382. The lowest BCUT2D eigenvalue weighted by molar-refractivity contribution is -0.133. The lowest BCUT2D eigenvalue weighted by Gasteiger charge is -2.21. The molecule has 0 saturated heterocycles. The number of carboxylic acids is 1. The van der Waals surface area contributed by atoms with Gasteiger partial charge in [-0.1, -0.05) is 6.08 Å². The Balaban J connectivity index is 2.66. The third-order valence-electron chi connectivity index (χ3n) is 1.75. The number of aliphatic hydroxyl groups excluding tert-OH is 2. The van der Waals surface area contributed by atoms with Crippen molar-refractivity contribution in [3.8, 4) is 0 Å². The van der Waals surface area contributed by atoms with Crippen LogP contribution in [0.1, 0.15) is 12.8 Å². The van der Waals surface area contributed by atoms with Crippen LogP contribution in [0.15, 0.2) is 11.6 Å². The van der Waals surface area contributed by atoms with Gasteiger partial charge in [0.15, 0.2) is 0 Å². The molecule has 1 aliphatic carbocycles. The standard InChI is InChI=1S/C7H10O4/c8-5-2-1-4(7(10)11)3-6(5)9/h1,5-6,8-9H,2-3H2,(H,10,11)/t5-,6-/m1/s1. The molecule has 0 heterocycles. The molecule has 2 atom stereocenters. The Morgan fingerprint density at radius 2 is 2.09 bits per heavy atom. The first kappa shape index (κ1) is 8.23. The summed E-state index contributed by atoms with van der Waals surface area (Å²) in [7, 11) is 0. The highest BCUT2D eigenvalue weighted by Crippen LogP contribution is 2.18. The fraction of sp³-hybridized carbons (Fsp3) is 0.571. The van der Waals surface area contributed by atoms with E-state index in [1.54, 1.807) is 0 Å². The molecule has 3 N–H and O–H groups in total. The predicted octanol–water partition coefficient (Wildman–Crippen LogP) is -0.487. The average molecular weight is 158 g/mol. The fourth-order valence-corrected chi connectivity index (χ4v) is 1.04. The van der Waals surface area contributed by atoms with E-state index in [4.69, 9.17) is 15.3 Å². The molecule has 0 saturated carbocycles. The lowest BCUT2D eigenvalue weighted by Crippen LogP contribution is -2.30. The highest BCUT2D eigenvalue weighted by Gasteiger charge is 2.24. The van der Waals surface area contributed by atoms with Crippen molar-refractivity contribution in [3.63, 3.8) is 0 Å². The Hall–Kier alpha value is -0.870. The second-order valence-electron chi connectivity index (χ2n) is 2.61. The third-order valence-corrected chi connectivity index (χ3v) is 1.75. The molecular formula is C7H10O4. The van der Waals surface area contributed by atoms with Gasteiger partial charge in [0.05, 0.1) is 12.2 Å². The van der Waals surface area contributed by atoms with Gasteiger partial charge in [-0.3, -0.25) is 0 Å². The molecule has 0 aromatic carbocycles. The van der Waals surface area contributed by atoms with Crippen LogP contribution in [-0.2, 0) is 4.79 Å². The molecule has 0 aromatic rings. The van der Waals surface area contributed by atoms with Gasteiger partial charge in [0.1, 0.15) is 0 Å². The lowest BCUT2D eigenvalue weighted by atomic mass is 9.95. The Bertz CT molecular complexity index is 197. The van der Waals surface area contributed by atoms with E-state index < -0.39 is 18.2 Å². The summed E-state index contributed by atoms with van der Waals surface area (Å²) in [5.41, 5.74) is 0.183. The third kappa shape index (κ3) is 1.78. The Labute approximate surface area is 63.8 Å². The molecular weight excluding hydrogens is 148 g/mol. The molecule has 4 nitrogen and oxygen atoms in total. The van der Waals surface area contributed by atoms with Gasteiger partial charge in [-0.05, 0) is 6.42 Å². The van der Waals surface area contributed by atoms with Crippen molar-refractivity contribution in [2.75, 3.05) is 0 Å². The van der Waals surface area contributed by atoms with Crippen molar-refractivity contribution >= 4 is 5.97 Å². The first-order valence-electron chi connectivity index (χ1n) is 3.39. The maximum absolute atomic E-state index is 10.3. The molecule has 0 amide bonds. The molecule has 0 fully saturated rings. The number of hydrogen-bond donors (Lipinski definition) is 3. The smallest absolute Gasteiger partial charge is 0.331 e. The molecule has 0 aliphatic heterocycles. The van der Waals surface area contributed by atoms with Crippen molar-refractivity contribution < 1.29 is 20.1 Å². The molecule has 0 spiro atoms. The zero-order valence-electron chi connectivity index (χ0n) is 5.90. The van der Waals surface area contributed by atoms with Crippen LogP contribution in [0.2, 0.25) is 0 Å². The highest BCUT2D eigenvalue weighted by molar-refractivity contribution is 5.86. The monoisotopic (exact) mass is 158 g/mol. The van der Waals surface area contributed by atoms with Crippen LogP contribution in [-0.4, -0.2) is 33.5 Å². The van der Waals surface area contributed by atoms with E-state index >= 15 is 0 Å². The van der Waals surface area contributed by atoms with Crippen molar-refractivity contribution in [2.24, 2.45) is 0 Å². The zero-order chi connectivity index (χ0) is 8.43.